The van der Waals surface area contributed by atoms with Crippen LogP contribution in [0.25, 0.3) is 27.8 Å². The number of H-pyrrole nitrogens is 1. The van der Waals surface area contributed by atoms with E-state index in [4.69, 9.17) is 4.98 Å². The van der Waals surface area contributed by atoms with Gasteiger partial charge in [0, 0.05) is 54.9 Å². The van der Waals surface area contributed by atoms with Gasteiger partial charge < -0.3 is 15.2 Å². The zero-order chi connectivity index (χ0) is 25.0. The minimum atomic E-state index is 0.147. The van der Waals surface area contributed by atoms with Crippen LogP contribution in [0.15, 0.2) is 24.8 Å². The molecule has 9 heteroatoms. The Kier molecular flexibility index (Phi) is 5.67. The summed E-state index contributed by atoms with van der Waals surface area (Å²) in [5.74, 6) is 1.56. The molecule has 36 heavy (non-hydrogen) atoms. The molecule has 188 valence electrons. The number of aromatic nitrogens is 5. The molecule has 0 aromatic carbocycles. The summed E-state index contributed by atoms with van der Waals surface area (Å²) in [4.78, 5) is 29.6. The van der Waals surface area contributed by atoms with E-state index in [1.165, 1.54) is 16.5 Å². The fourth-order valence-electron chi connectivity index (χ4n) is 6.14. The molecule has 9 nitrogen and oxygen atoms in total. The van der Waals surface area contributed by atoms with Crippen molar-refractivity contribution in [1.29, 1.82) is 0 Å². The number of aromatic amines is 1. The molecule has 0 aliphatic carbocycles. The number of piperazine rings is 1. The number of hydrogen-bond acceptors (Lipinski definition) is 6. The summed E-state index contributed by atoms with van der Waals surface area (Å²) in [7, 11) is 0. The quantitative estimate of drug-likeness (QED) is 0.459. The third kappa shape index (κ3) is 3.82. The Morgan fingerprint density at radius 1 is 1.11 bits per heavy atom. The maximum absolute atomic E-state index is 11.8. The summed E-state index contributed by atoms with van der Waals surface area (Å²) in [5.41, 5.74) is 7.84. The van der Waals surface area contributed by atoms with Crippen LogP contribution in [0.3, 0.4) is 0 Å². The molecular formula is C27H34N8O. The summed E-state index contributed by atoms with van der Waals surface area (Å²) >= 11 is 0. The highest BCUT2D eigenvalue weighted by molar-refractivity contribution is 5.95. The Balaban J connectivity index is 1.34. The zero-order valence-corrected chi connectivity index (χ0v) is 21.5. The average Bonchev–Trinajstić information content (AvgIpc) is 3.50. The van der Waals surface area contributed by atoms with Crippen LogP contribution in [0.2, 0.25) is 0 Å². The van der Waals surface area contributed by atoms with Gasteiger partial charge in [0.15, 0.2) is 5.65 Å². The van der Waals surface area contributed by atoms with E-state index in [9.17, 15) is 4.79 Å². The van der Waals surface area contributed by atoms with Gasteiger partial charge in [-0.3, -0.25) is 9.69 Å². The molecule has 0 unspecified atom stereocenters. The Bertz CT molecular complexity index is 1440. The molecule has 6 heterocycles. The lowest BCUT2D eigenvalue weighted by Gasteiger charge is -2.40. The number of carbonyl (C=O) groups is 1. The number of aryl methyl sites for hydroxylation is 2. The van der Waals surface area contributed by atoms with Gasteiger partial charge >= 0.3 is 0 Å². The van der Waals surface area contributed by atoms with Gasteiger partial charge in [0.25, 0.3) is 0 Å². The van der Waals surface area contributed by atoms with E-state index in [1.54, 1.807) is 6.33 Å². The van der Waals surface area contributed by atoms with Crippen molar-refractivity contribution in [1.82, 2.24) is 34.8 Å². The highest BCUT2D eigenvalue weighted by Crippen LogP contribution is 2.40. The second-order valence-electron chi connectivity index (χ2n) is 10.5. The van der Waals surface area contributed by atoms with E-state index in [-0.39, 0.29) is 5.91 Å². The predicted molar refractivity (Wildman–Crippen MR) is 141 cm³/mol. The predicted octanol–water partition coefficient (Wildman–Crippen LogP) is 3.41. The number of amides is 1. The molecule has 1 amide bonds. The standard InChI is InChI=1S/C27H34N8O/c1-16(2)23-24-18(4)27(33-8-5-20(6-9-33)34-10-7-28-22(36)14-34)29-12-21(24)32-25(23)19-11-17(3)26-30-15-31-35(26)13-19/h11-13,15-16,20,32H,5-10,14H2,1-4H3,(H,28,36). The minimum Gasteiger partial charge on any atom is -0.356 e. The van der Waals surface area contributed by atoms with Crippen LogP contribution in [-0.4, -0.2) is 74.1 Å². The number of anilines is 1. The lowest BCUT2D eigenvalue weighted by Crippen LogP contribution is -2.54. The van der Waals surface area contributed by atoms with E-state index in [1.807, 2.05) is 10.7 Å². The van der Waals surface area contributed by atoms with Crippen LogP contribution in [0.5, 0.6) is 0 Å². The second-order valence-corrected chi connectivity index (χ2v) is 10.5. The molecule has 2 fully saturated rings. The Labute approximate surface area is 210 Å². The minimum absolute atomic E-state index is 0.147. The van der Waals surface area contributed by atoms with Crippen LogP contribution in [0.4, 0.5) is 5.82 Å². The molecule has 0 spiro atoms. The molecule has 6 rings (SSSR count). The number of piperidine rings is 1. The van der Waals surface area contributed by atoms with Crippen LogP contribution < -0.4 is 10.2 Å². The van der Waals surface area contributed by atoms with Crippen molar-refractivity contribution < 1.29 is 4.79 Å². The van der Waals surface area contributed by atoms with Gasteiger partial charge in [0.1, 0.15) is 12.1 Å². The van der Waals surface area contributed by atoms with Crippen molar-refractivity contribution >= 4 is 28.3 Å². The van der Waals surface area contributed by atoms with E-state index >= 15 is 0 Å². The lowest BCUT2D eigenvalue weighted by atomic mass is 9.94. The Morgan fingerprint density at radius 2 is 1.92 bits per heavy atom. The van der Waals surface area contributed by atoms with Gasteiger partial charge in [-0.05, 0) is 49.8 Å². The third-order valence-electron chi connectivity index (χ3n) is 7.87. The highest BCUT2D eigenvalue weighted by atomic mass is 16.2. The van der Waals surface area contributed by atoms with Crippen LogP contribution in [-0.2, 0) is 4.79 Å². The number of pyridine rings is 2. The molecule has 2 N–H and O–H groups in total. The van der Waals surface area contributed by atoms with Gasteiger partial charge in [0.2, 0.25) is 5.91 Å². The van der Waals surface area contributed by atoms with Crippen molar-refractivity contribution in [2.24, 2.45) is 0 Å². The number of nitrogens with one attached hydrogen (secondary N) is 2. The first-order valence-electron chi connectivity index (χ1n) is 13.0. The molecular weight excluding hydrogens is 452 g/mol. The van der Waals surface area contributed by atoms with Crippen molar-refractivity contribution in [3.63, 3.8) is 0 Å². The fraction of sp³-hybridized carbons (Fsp3) is 0.481. The third-order valence-corrected chi connectivity index (χ3v) is 7.87. The molecule has 0 bridgehead atoms. The molecule has 4 aromatic heterocycles. The topological polar surface area (TPSA) is 94.4 Å². The van der Waals surface area contributed by atoms with Gasteiger partial charge in [-0.1, -0.05) is 13.8 Å². The summed E-state index contributed by atoms with van der Waals surface area (Å²) < 4.78 is 1.85. The summed E-state index contributed by atoms with van der Waals surface area (Å²) in [6.07, 6.45) is 7.76. The second kappa shape index (κ2) is 8.89. The van der Waals surface area contributed by atoms with Gasteiger partial charge in [-0.25, -0.2) is 14.5 Å². The van der Waals surface area contributed by atoms with Crippen LogP contribution >= 0.6 is 0 Å². The normalized spacial score (nSPS) is 18.0. The van der Waals surface area contributed by atoms with E-state index < -0.39 is 0 Å². The molecule has 0 atom stereocenters. The monoisotopic (exact) mass is 486 g/mol. The summed E-state index contributed by atoms with van der Waals surface area (Å²) in [5, 5.41) is 8.59. The number of rotatable bonds is 4. The van der Waals surface area contributed by atoms with Gasteiger partial charge in [-0.2, -0.15) is 5.10 Å². The van der Waals surface area contributed by atoms with Crippen LogP contribution in [0, 0.1) is 13.8 Å². The van der Waals surface area contributed by atoms with Crippen LogP contribution in [0.1, 0.15) is 49.3 Å². The smallest absolute Gasteiger partial charge is 0.234 e. The number of carbonyl (C=O) groups excluding carboxylic acids is 1. The SMILES string of the molecule is Cc1c(N2CCC(N3CCNC(=O)C3)CC2)ncc2[nH]c(-c3cc(C)c4ncnn4c3)c(C(C)C)c12. The number of nitrogens with zero attached hydrogens (tertiary/aromatic N) is 6. The first-order chi connectivity index (χ1) is 17.4. The number of fused-ring (bicyclic) bond motifs is 2. The number of hydrogen-bond donors (Lipinski definition) is 2. The Morgan fingerprint density at radius 3 is 2.67 bits per heavy atom. The first-order valence-corrected chi connectivity index (χ1v) is 13.0. The van der Waals surface area contributed by atoms with Crippen molar-refractivity contribution in [2.45, 2.75) is 52.5 Å². The van der Waals surface area contributed by atoms with Crippen molar-refractivity contribution in [2.75, 3.05) is 37.6 Å². The van der Waals surface area contributed by atoms with Crippen molar-refractivity contribution in [3.8, 4) is 11.3 Å². The maximum atomic E-state index is 11.8. The molecule has 0 saturated carbocycles. The van der Waals surface area contributed by atoms with E-state index in [0.717, 1.165) is 72.8 Å². The largest absolute Gasteiger partial charge is 0.356 e. The van der Waals surface area contributed by atoms with E-state index in [0.29, 0.717) is 18.5 Å². The molecule has 2 saturated heterocycles. The molecule has 4 aromatic rings. The van der Waals surface area contributed by atoms with Gasteiger partial charge in [0.05, 0.1) is 24.0 Å². The Hall–Kier alpha value is -3.46. The fourth-order valence-corrected chi connectivity index (χ4v) is 6.14. The molecule has 2 aliphatic heterocycles. The van der Waals surface area contributed by atoms with Gasteiger partial charge in [-0.15, -0.1) is 0 Å². The zero-order valence-electron chi connectivity index (χ0n) is 21.5. The molecule has 2 aliphatic rings. The van der Waals surface area contributed by atoms with Crippen molar-refractivity contribution in [3.05, 3.63) is 41.5 Å². The average molecular weight is 487 g/mol. The lowest BCUT2D eigenvalue weighted by molar-refractivity contribution is -0.125. The highest BCUT2D eigenvalue weighted by Gasteiger charge is 2.29. The van der Waals surface area contributed by atoms with E-state index in [2.05, 4.69) is 70.1 Å². The summed E-state index contributed by atoms with van der Waals surface area (Å²) in [6, 6.07) is 2.66. The summed E-state index contributed by atoms with van der Waals surface area (Å²) in [6.45, 7) is 12.9. The maximum Gasteiger partial charge on any atom is 0.234 e. The first kappa shape index (κ1) is 23.0. The molecule has 0 radical (unpaired) electrons.